The van der Waals surface area contributed by atoms with E-state index in [-0.39, 0.29) is 5.78 Å². The Morgan fingerprint density at radius 1 is 1.62 bits per heavy atom. The minimum Gasteiger partial charge on any atom is -0.329 e. The molecular weight excluding hydrogens is 250 g/mol. The summed E-state index contributed by atoms with van der Waals surface area (Å²) in [6.07, 6.45) is 0. The molecule has 1 aromatic rings. The Kier molecular flexibility index (Phi) is 3.27. The Morgan fingerprint density at radius 3 is 2.62 bits per heavy atom. The van der Waals surface area contributed by atoms with Crippen molar-refractivity contribution in [2.24, 2.45) is 11.1 Å². The topological polar surface area (TPSA) is 43.1 Å². The van der Waals surface area contributed by atoms with Gasteiger partial charge in [-0.15, -0.1) is 0 Å². The lowest BCUT2D eigenvalue weighted by Gasteiger charge is -2.19. The van der Waals surface area contributed by atoms with Gasteiger partial charge in [0.05, 0.1) is 0 Å². The molecule has 72 valence electrons. The van der Waals surface area contributed by atoms with Crippen LogP contribution in [0.15, 0.2) is 15.2 Å². The zero-order valence-corrected chi connectivity index (χ0v) is 10.0. The van der Waals surface area contributed by atoms with E-state index in [1.807, 2.05) is 24.6 Å². The lowest BCUT2D eigenvalue weighted by molar-refractivity contribution is 0.0847. The van der Waals surface area contributed by atoms with Crippen LogP contribution in [0.4, 0.5) is 0 Å². The highest BCUT2D eigenvalue weighted by Gasteiger charge is 2.28. The normalized spacial score (nSPS) is 11.7. The molecule has 0 aliphatic heterocycles. The molecule has 0 aliphatic carbocycles. The van der Waals surface area contributed by atoms with Crippen molar-refractivity contribution >= 4 is 33.0 Å². The smallest absolute Gasteiger partial charge is 0.171 e. The monoisotopic (exact) mass is 261 g/mol. The first-order valence-corrected chi connectivity index (χ1v) is 5.69. The Labute approximate surface area is 90.3 Å². The average molecular weight is 262 g/mol. The molecule has 0 saturated heterocycles. The summed E-state index contributed by atoms with van der Waals surface area (Å²) in [5.41, 5.74) is 5.80. The quantitative estimate of drug-likeness (QED) is 0.851. The molecule has 0 atom stereocenters. The molecule has 0 amide bonds. The Bertz CT molecular complexity index is 319. The van der Waals surface area contributed by atoms with Crippen LogP contribution in [0.1, 0.15) is 24.2 Å². The highest BCUT2D eigenvalue weighted by atomic mass is 79.9. The summed E-state index contributed by atoms with van der Waals surface area (Å²) >= 11 is 4.85. The second kappa shape index (κ2) is 3.90. The average Bonchev–Trinajstić information content (AvgIpc) is 2.50. The van der Waals surface area contributed by atoms with Crippen LogP contribution in [0.25, 0.3) is 0 Å². The molecule has 0 fully saturated rings. The molecule has 0 saturated carbocycles. The van der Waals surface area contributed by atoms with E-state index in [4.69, 9.17) is 5.73 Å². The number of thiophene rings is 1. The van der Waals surface area contributed by atoms with Crippen LogP contribution in [-0.2, 0) is 0 Å². The fourth-order valence-corrected chi connectivity index (χ4v) is 2.36. The van der Waals surface area contributed by atoms with Crippen LogP contribution < -0.4 is 5.73 Å². The molecule has 2 N–H and O–H groups in total. The first-order chi connectivity index (χ1) is 5.99. The molecule has 0 aliphatic rings. The van der Waals surface area contributed by atoms with Gasteiger partial charge in [-0.1, -0.05) is 13.8 Å². The molecule has 1 aromatic heterocycles. The summed E-state index contributed by atoms with van der Waals surface area (Å²) in [6.45, 7) is 4.09. The number of carbonyl (C=O) groups excluding carboxylic acids is 1. The van der Waals surface area contributed by atoms with Gasteiger partial charge in [0.15, 0.2) is 5.78 Å². The van der Waals surface area contributed by atoms with Gasteiger partial charge >= 0.3 is 0 Å². The first kappa shape index (κ1) is 10.9. The zero-order chi connectivity index (χ0) is 10.1. The van der Waals surface area contributed by atoms with Crippen LogP contribution in [0.3, 0.4) is 0 Å². The number of ketones is 1. The van der Waals surface area contributed by atoms with Gasteiger partial charge in [-0.2, -0.15) is 11.3 Å². The van der Waals surface area contributed by atoms with E-state index in [0.717, 1.165) is 10.0 Å². The molecule has 1 rings (SSSR count). The maximum absolute atomic E-state index is 11.9. The SMILES string of the molecule is CC(C)(CN)C(=O)c1cscc1Br. The van der Waals surface area contributed by atoms with Crippen molar-refractivity contribution in [3.8, 4) is 0 Å². The molecular formula is C9H12BrNOS. The van der Waals surface area contributed by atoms with E-state index in [1.165, 1.54) is 11.3 Å². The number of rotatable bonds is 3. The van der Waals surface area contributed by atoms with Crippen LogP contribution >= 0.6 is 27.3 Å². The molecule has 1 heterocycles. The molecule has 4 heteroatoms. The summed E-state index contributed by atoms with van der Waals surface area (Å²) in [7, 11) is 0. The summed E-state index contributed by atoms with van der Waals surface area (Å²) in [5, 5.41) is 3.75. The van der Waals surface area contributed by atoms with Gasteiger partial charge in [-0.3, -0.25) is 4.79 Å². The minimum absolute atomic E-state index is 0.100. The van der Waals surface area contributed by atoms with Crippen molar-refractivity contribution < 1.29 is 4.79 Å². The molecule has 0 unspecified atom stereocenters. The number of halogens is 1. The number of hydrogen-bond acceptors (Lipinski definition) is 3. The lowest BCUT2D eigenvalue weighted by Crippen LogP contribution is -2.32. The maximum atomic E-state index is 11.9. The molecule has 0 aromatic carbocycles. The third-order valence-corrected chi connectivity index (χ3v) is 3.69. The van der Waals surface area contributed by atoms with E-state index >= 15 is 0 Å². The lowest BCUT2D eigenvalue weighted by atomic mass is 9.85. The van der Waals surface area contributed by atoms with Gasteiger partial charge in [0.2, 0.25) is 0 Å². The molecule has 0 radical (unpaired) electrons. The first-order valence-electron chi connectivity index (χ1n) is 3.95. The van der Waals surface area contributed by atoms with Crippen LogP contribution in [-0.4, -0.2) is 12.3 Å². The third-order valence-electron chi connectivity index (χ3n) is 1.98. The summed E-state index contributed by atoms with van der Waals surface area (Å²) in [5.74, 6) is 0.100. The van der Waals surface area contributed by atoms with Gasteiger partial charge < -0.3 is 5.73 Å². The second-order valence-electron chi connectivity index (χ2n) is 3.55. The predicted molar refractivity (Wildman–Crippen MR) is 59.2 cm³/mol. The predicted octanol–water partition coefficient (Wildman–Crippen LogP) is 2.68. The summed E-state index contributed by atoms with van der Waals surface area (Å²) in [6, 6.07) is 0. The van der Waals surface area contributed by atoms with E-state index < -0.39 is 5.41 Å². The van der Waals surface area contributed by atoms with E-state index in [9.17, 15) is 4.79 Å². The van der Waals surface area contributed by atoms with Crippen molar-refractivity contribution in [2.75, 3.05) is 6.54 Å². The molecule has 13 heavy (non-hydrogen) atoms. The van der Waals surface area contributed by atoms with Gasteiger partial charge in [0.1, 0.15) is 0 Å². The van der Waals surface area contributed by atoms with E-state index in [0.29, 0.717) is 6.54 Å². The van der Waals surface area contributed by atoms with Crippen LogP contribution in [0.2, 0.25) is 0 Å². The Morgan fingerprint density at radius 2 is 2.23 bits per heavy atom. The fourth-order valence-electron chi connectivity index (χ4n) is 0.901. The molecule has 0 spiro atoms. The van der Waals surface area contributed by atoms with Crippen molar-refractivity contribution in [2.45, 2.75) is 13.8 Å². The van der Waals surface area contributed by atoms with Gasteiger partial charge in [-0.25, -0.2) is 0 Å². The molecule has 2 nitrogen and oxygen atoms in total. The molecule has 0 bridgehead atoms. The largest absolute Gasteiger partial charge is 0.329 e. The van der Waals surface area contributed by atoms with Gasteiger partial charge in [0, 0.05) is 32.8 Å². The summed E-state index contributed by atoms with van der Waals surface area (Å²) < 4.78 is 0.865. The number of Topliss-reactive ketones (excluding diaryl/α,β-unsaturated/α-hetero) is 1. The Balaban J connectivity index is 2.98. The zero-order valence-electron chi connectivity index (χ0n) is 7.63. The van der Waals surface area contributed by atoms with Crippen molar-refractivity contribution in [3.63, 3.8) is 0 Å². The van der Waals surface area contributed by atoms with Gasteiger partial charge in [0.25, 0.3) is 0 Å². The third kappa shape index (κ3) is 2.18. The van der Waals surface area contributed by atoms with Crippen molar-refractivity contribution in [1.82, 2.24) is 0 Å². The maximum Gasteiger partial charge on any atom is 0.171 e. The second-order valence-corrected chi connectivity index (χ2v) is 5.15. The fraction of sp³-hybridized carbons (Fsp3) is 0.444. The Hall–Kier alpha value is -0.190. The number of carbonyl (C=O) groups is 1. The van der Waals surface area contributed by atoms with Crippen molar-refractivity contribution in [3.05, 3.63) is 20.8 Å². The van der Waals surface area contributed by atoms with E-state index in [1.54, 1.807) is 0 Å². The van der Waals surface area contributed by atoms with Crippen molar-refractivity contribution in [1.29, 1.82) is 0 Å². The van der Waals surface area contributed by atoms with Crippen LogP contribution in [0, 0.1) is 5.41 Å². The standard InChI is InChI=1S/C9H12BrNOS/c1-9(2,5-11)8(12)6-3-13-4-7(6)10/h3-4H,5,11H2,1-2H3. The van der Waals surface area contributed by atoms with Gasteiger partial charge in [-0.05, 0) is 15.9 Å². The number of hydrogen-bond donors (Lipinski definition) is 1. The summed E-state index contributed by atoms with van der Waals surface area (Å²) in [4.78, 5) is 11.9. The highest BCUT2D eigenvalue weighted by molar-refractivity contribution is 9.10. The minimum atomic E-state index is -0.469. The van der Waals surface area contributed by atoms with E-state index in [2.05, 4.69) is 15.9 Å². The van der Waals surface area contributed by atoms with Crippen LogP contribution in [0.5, 0.6) is 0 Å². The number of nitrogens with two attached hydrogens (primary N) is 1. The highest BCUT2D eigenvalue weighted by Crippen LogP contribution is 2.28.